The summed E-state index contributed by atoms with van der Waals surface area (Å²) in [6, 6.07) is -1.61. The molecule has 0 unspecified atom stereocenters. The minimum absolute atomic E-state index is 0.00187. The Morgan fingerprint density at radius 2 is 0.759 bits per heavy atom. The van der Waals surface area contributed by atoms with Crippen LogP contribution in [0.15, 0.2) is 60.7 Å². The van der Waals surface area contributed by atoms with Gasteiger partial charge >= 0.3 is 5.97 Å². The van der Waals surface area contributed by atoms with E-state index in [0.29, 0.717) is 17.5 Å². The predicted molar refractivity (Wildman–Crippen MR) is 435 cm³/mol. The second-order valence-corrected chi connectivity index (χ2v) is 31.0. The maximum absolute atomic E-state index is 15.0. The average molecular weight is 1650 g/mol. The van der Waals surface area contributed by atoms with Gasteiger partial charge in [-0.25, -0.2) is 0 Å². The first kappa shape index (κ1) is 98.8. The van der Waals surface area contributed by atoms with E-state index in [2.05, 4.69) is 85.1 Å². The maximum atomic E-state index is 15.0. The van der Waals surface area contributed by atoms with Crippen molar-refractivity contribution < 1.29 is 77.0 Å². The van der Waals surface area contributed by atoms with Gasteiger partial charge in [-0.05, 0) is 92.1 Å². The molecule has 0 aliphatic carbocycles. The summed E-state index contributed by atoms with van der Waals surface area (Å²) in [6.45, 7) is 16.2. The molecular formula is C76H123N23O16S. The number of benzene rings is 2. The van der Waals surface area contributed by atoms with Gasteiger partial charge in [-0.1, -0.05) is 143 Å². The van der Waals surface area contributed by atoms with E-state index in [-0.39, 0.29) is 102 Å². The van der Waals surface area contributed by atoms with E-state index in [1.807, 2.05) is 0 Å². The van der Waals surface area contributed by atoms with E-state index in [1.165, 1.54) is 0 Å². The molecule has 2 aromatic rings. The first-order valence-electron chi connectivity index (χ1n) is 39.0. The van der Waals surface area contributed by atoms with Crippen molar-refractivity contribution in [1.29, 1.82) is 16.2 Å². The zero-order chi connectivity index (χ0) is 86.9. The Kier molecular flexibility index (Phi) is 43.9. The molecule has 0 radical (unpaired) electrons. The van der Waals surface area contributed by atoms with Crippen LogP contribution in [0.2, 0.25) is 0 Å². The third kappa shape index (κ3) is 37.3. The predicted octanol–water partition coefficient (Wildman–Crippen LogP) is -3.26. The minimum Gasteiger partial charge on any atom is -0.481 e. The van der Waals surface area contributed by atoms with Crippen LogP contribution in [-0.4, -0.2) is 222 Å². The molecule has 116 heavy (non-hydrogen) atoms. The largest absolute Gasteiger partial charge is 0.481 e. The van der Waals surface area contributed by atoms with E-state index < -0.39 is 221 Å². The number of carbonyl (C=O) groups excluding carboxylic acids is 14. The summed E-state index contributed by atoms with van der Waals surface area (Å²) in [5, 5.41) is 75.5. The molecule has 1 fully saturated rings. The maximum Gasteiger partial charge on any atom is 0.305 e. The number of hydrogen-bond donors (Lipinski definition) is 24. The van der Waals surface area contributed by atoms with Crippen LogP contribution in [0.5, 0.6) is 0 Å². The van der Waals surface area contributed by atoms with Crippen LogP contribution in [0.4, 0.5) is 0 Å². The molecule has 0 saturated carbocycles. The first-order valence-corrected chi connectivity index (χ1v) is 40.2. The van der Waals surface area contributed by atoms with Crippen molar-refractivity contribution in [2.75, 3.05) is 37.7 Å². The molecule has 40 heteroatoms. The molecule has 2 aromatic carbocycles. The Morgan fingerprint density at radius 1 is 0.431 bits per heavy atom. The van der Waals surface area contributed by atoms with Gasteiger partial charge in [-0.3, -0.25) is 88.1 Å². The summed E-state index contributed by atoms with van der Waals surface area (Å²) < 4.78 is 0. The lowest BCUT2D eigenvalue weighted by atomic mass is 9.94. The fourth-order valence-electron chi connectivity index (χ4n) is 12.1. The Balaban J connectivity index is 2.40. The van der Waals surface area contributed by atoms with E-state index in [4.69, 9.17) is 39.2 Å². The van der Waals surface area contributed by atoms with Gasteiger partial charge in [-0.2, -0.15) is 0 Å². The summed E-state index contributed by atoms with van der Waals surface area (Å²) in [4.78, 5) is 216. The van der Waals surface area contributed by atoms with Crippen molar-refractivity contribution in [2.45, 2.75) is 225 Å². The van der Waals surface area contributed by atoms with Crippen LogP contribution in [0.25, 0.3) is 0 Å². The number of amides is 14. The van der Waals surface area contributed by atoms with Gasteiger partial charge in [0.05, 0.1) is 18.7 Å². The lowest BCUT2D eigenvalue weighted by Crippen LogP contribution is -2.62. The van der Waals surface area contributed by atoms with Crippen molar-refractivity contribution >= 4 is 118 Å². The van der Waals surface area contributed by atoms with Crippen LogP contribution in [0.1, 0.15) is 151 Å². The van der Waals surface area contributed by atoms with Crippen LogP contribution >= 0.6 is 11.8 Å². The Labute approximate surface area is 680 Å². The van der Waals surface area contributed by atoms with Gasteiger partial charge in [0.2, 0.25) is 82.7 Å². The second-order valence-electron chi connectivity index (χ2n) is 30.0. The van der Waals surface area contributed by atoms with Crippen LogP contribution in [-0.2, 0) is 84.8 Å². The average Bonchev–Trinajstić information content (AvgIpc) is 0.843. The highest BCUT2D eigenvalue weighted by atomic mass is 32.2. The summed E-state index contributed by atoms with van der Waals surface area (Å²) >= 11 is 0.810. The third-order valence-corrected chi connectivity index (χ3v) is 19.9. The Morgan fingerprint density at radius 3 is 1.16 bits per heavy atom. The molecule has 644 valence electrons. The second kappa shape index (κ2) is 51.5. The van der Waals surface area contributed by atoms with E-state index in [9.17, 15) is 72.2 Å². The monoisotopic (exact) mass is 1650 g/mol. The number of hydrogen-bond acceptors (Lipinski definition) is 19. The number of rotatable bonds is 30. The van der Waals surface area contributed by atoms with E-state index in [0.717, 1.165) is 11.8 Å². The van der Waals surface area contributed by atoms with Crippen LogP contribution in [0.3, 0.4) is 0 Å². The summed E-state index contributed by atoms with van der Waals surface area (Å²) in [6.07, 6.45) is -1.80. The number of aliphatic carboxylic acids is 1. The van der Waals surface area contributed by atoms with Gasteiger partial charge in [0.1, 0.15) is 72.5 Å². The molecule has 1 saturated heterocycles. The lowest BCUT2D eigenvalue weighted by Gasteiger charge is -2.32. The molecule has 0 spiro atoms. The molecule has 1 heterocycles. The van der Waals surface area contributed by atoms with Crippen molar-refractivity contribution in [1.82, 2.24) is 85.1 Å². The van der Waals surface area contributed by atoms with Crippen molar-refractivity contribution in [3.05, 3.63) is 71.8 Å². The van der Waals surface area contributed by atoms with Gasteiger partial charge in [0.25, 0.3) is 0 Å². The number of carboxylic acids is 1. The minimum atomic E-state index is -2.01. The van der Waals surface area contributed by atoms with Gasteiger partial charge in [-0.15, -0.1) is 11.8 Å². The molecule has 1 aliphatic rings. The summed E-state index contributed by atoms with van der Waals surface area (Å²) in [7, 11) is 0. The number of guanidine groups is 3. The molecule has 0 bridgehead atoms. The SMILES string of the molecule is CC[C@H](C)[C@@H]1NC(=O)[C@H](CC(C)C)NC(=O)[C@H](Cc2ccccc2)NC(=O)CSC[C@@H](C(=O)NCC(N)=O)NC(=O)[C@H](CCCNC(=N)N)NC(=O)[C@H](Cc2ccccc2)NC(=O)[C@H](CC(C)C)NC(=O)[C@H](CCCNC(=N)N)NC(=O)[C@H](CC(=O)O)NC(=O)[C@H](CCCNC(=N)N)NC(=O)[C@H]([C@@H](C)CC)NC(=O)[C@H](C(C)C)NC1=O. The highest BCUT2D eigenvalue weighted by Gasteiger charge is 2.40. The van der Waals surface area contributed by atoms with E-state index in [1.54, 1.807) is 130 Å². The molecular weight excluding hydrogens is 1520 g/mol. The normalized spacial score (nSPS) is 23.4. The molecule has 14 atom stereocenters. The Hall–Kier alpha value is -11.3. The van der Waals surface area contributed by atoms with Crippen molar-refractivity contribution in [3.63, 3.8) is 0 Å². The number of nitrogens with one attached hydrogen (secondary N) is 19. The first-order chi connectivity index (χ1) is 54.7. The zero-order valence-electron chi connectivity index (χ0n) is 67.8. The topological polar surface area (TPSA) is 644 Å². The zero-order valence-corrected chi connectivity index (χ0v) is 68.6. The molecule has 0 aromatic heterocycles. The molecule has 28 N–H and O–H groups in total. The van der Waals surface area contributed by atoms with Crippen LogP contribution < -0.4 is 108 Å². The quantitative estimate of drug-likeness (QED) is 0.0207. The van der Waals surface area contributed by atoms with Crippen LogP contribution in [0, 0.1) is 45.8 Å². The highest BCUT2D eigenvalue weighted by molar-refractivity contribution is 8.00. The van der Waals surface area contributed by atoms with Gasteiger partial charge in [0.15, 0.2) is 17.9 Å². The van der Waals surface area contributed by atoms with Crippen molar-refractivity contribution in [3.8, 4) is 0 Å². The molecule has 14 amide bonds. The molecule has 3 rings (SSSR count). The number of primary amides is 1. The van der Waals surface area contributed by atoms with Crippen molar-refractivity contribution in [2.24, 2.45) is 52.5 Å². The van der Waals surface area contributed by atoms with Gasteiger partial charge in [0, 0.05) is 38.2 Å². The number of thioether (sulfide) groups is 1. The third-order valence-electron chi connectivity index (χ3n) is 18.8. The smallest absolute Gasteiger partial charge is 0.305 e. The fraction of sp³-hybridized carbons (Fsp3) is 0.605. The lowest BCUT2D eigenvalue weighted by molar-refractivity contribution is -0.142. The number of nitrogens with two attached hydrogens (primary N) is 4. The highest BCUT2D eigenvalue weighted by Crippen LogP contribution is 2.18. The standard InChI is InChI=1S/C76H123N23O16S/c1-11-43(9)60-72(114)91-49(28-21-31-86-76(82)83)64(106)95-54(36-58(102)103)69(111)90-47(26-19-29-84-74(78)79)63(105)92-50(32-40(3)4)66(108)94-53(35-46-24-17-14-18-25-46)68(110)89-48(27-20-30-85-75(80)81)65(107)96-55(62(104)87-37-56(77)100)38-116-39-57(101)88-52(34-45-22-15-13-16-23-45)67(109)93-51(33-41(5)6)70(112)98-61(44(10)12-2)73(115)97-59(42(7)8)71(113)99-60/h13-18,22-25,40-44,47-55,59-61H,11-12,19-21,26-39H2,1-10H3,(H2,77,100)(H,87,104)(H,88,101)(H,89,110)(H,90,111)(H,91,114)(H,92,105)(H,93,109)(H,94,108)(H,95,106)(H,96,107)(H,97,115)(H,98,112)(H,99,113)(H,102,103)(H4,78,79,84)(H4,80,81,85)(H4,82,83,86)/t43-,44-,47-,48-,49-,50-,51-,52-,53-,54-,55-,59-,60-,61-/m0/s1. The number of carbonyl (C=O) groups is 15. The Bertz CT molecular complexity index is 3670. The molecule has 1 aliphatic heterocycles. The van der Waals surface area contributed by atoms with Gasteiger partial charge < -0.3 is 113 Å². The number of carboxylic acid groups (broad SMARTS) is 1. The summed E-state index contributed by atoms with van der Waals surface area (Å²) in [5.41, 5.74) is 23.2. The fourth-order valence-corrected chi connectivity index (χ4v) is 13.0. The summed E-state index contributed by atoms with van der Waals surface area (Å²) in [5.74, 6) is -19.7. The molecule has 39 nitrogen and oxygen atoms in total. The van der Waals surface area contributed by atoms with E-state index >= 15 is 4.79 Å².